The molecular formula is C12H26N2O2S. The molecule has 0 aromatic heterocycles. The van der Waals surface area contributed by atoms with Crippen LogP contribution >= 0.6 is 0 Å². The zero-order valence-corrected chi connectivity index (χ0v) is 11.9. The smallest absolute Gasteiger partial charge is 0.211 e. The molecule has 1 aliphatic carbocycles. The summed E-state index contributed by atoms with van der Waals surface area (Å²) in [5.41, 5.74) is 5.63. The highest BCUT2D eigenvalue weighted by Gasteiger charge is 2.30. The summed E-state index contributed by atoms with van der Waals surface area (Å²) in [7, 11) is -3.11. The number of rotatable bonds is 6. The Morgan fingerprint density at radius 1 is 1.35 bits per heavy atom. The molecule has 5 heteroatoms. The molecule has 1 rings (SSSR count). The Morgan fingerprint density at radius 2 is 2.06 bits per heavy atom. The monoisotopic (exact) mass is 262 g/mol. The number of hydrogen-bond acceptors (Lipinski definition) is 3. The van der Waals surface area contributed by atoms with Crippen molar-refractivity contribution in [3.8, 4) is 0 Å². The number of nitrogens with two attached hydrogens (primary N) is 1. The summed E-state index contributed by atoms with van der Waals surface area (Å²) in [4.78, 5) is 0. The molecule has 0 bridgehead atoms. The Balaban J connectivity index is 2.41. The first kappa shape index (κ1) is 14.9. The number of sulfonamides is 1. The maximum absolute atomic E-state index is 11.8. The van der Waals surface area contributed by atoms with Gasteiger partial charge in [-0.1, -0.05) is 20.3 Å². The summed E-state index contributed by atoms with van der Waals surface area (Å²) in [5, 5.41) is 0. The molecule has 1 saturated carbocycles. The molecule has 3 N–H and O–H groups in total. The number of hydrogen-bond donors (Lipinski definition) is 2. The molecule has 0 radical (unpaired) electrons. The van der Waals surface area contributed by atoms with Crippen LogP contribution in [0.25, 0.3) is 0 Å². The van der Waals surface area contributed by atoms with Crippen molar-refractivity contribution in [1.82, 2.24) is 4.72 Å². The molecule has 17 heavy (non-hydrogen) atoms. The van der Waals surface area contributed by atoms with Gasteiger partial charge in [-0.15, -0.1) is 0 Å². The van der Waals surface area contributed by atoms with Crippen molar-refractivity contribution in [3.63, 3.8) is 0 Å². The lowest BCUT2D eigenvalue weighted by molar-refractivity contribution is 0.212. The van der Waals surface area contributed by atoms with Gasteiger partial charge in [0.15, 0.2) is 0 Å². The average Bonchev–Trinajstić information content (AvgIpc) is 2.15. The van der Waals surface area contributed by atoms with Crippen LogP contribution in [-0.4, -0.2) is 26.8 Å². The fraction of sp³-hybridized carbons (Fsp3) is 1.00. The lowest BCUT2D eigenvalue weighted by Crippen LogP contribution is -2.41. The fourth-order valence-electron chi connectivity index (χ4n) is 2.55. The van der Waals surface area contributed by atoms with E-state index in [2.05, 4.69) is 18.6 Å². The van der Waals surface area contributed by atoms with E-state index in [1.54, 1.807) is 0 Å². The van der Waals surface area contributed by atoms with Crippen LogP contribution in [0.3, 0.4) is 0 Å². The topological polar surface area (TPSA) is 72.2 Å². The molecule has 0 saturated heterocycles. The van der Waals surface area contributed by atoms with Crippen LogP contribution in [-0.2, 0) is 10.0 Å². The summed E-state index contributed by atoms with van der Waals surface area (Å²) in [6.07, 6.45) is 5.66. The van der Waals surface area contributed by atoms with Crippen molar-refractivity contribution in [3.05, 3.63) is 0 Å². The van der Waals surface area contributed by atoms with Crippen molar-refractivity contribution in [2.45, 2.75) is 58.4 Å². The number of unbranched alkanes of at least 4 members (excludes halogenated alkanes) is 1. The van der Waals surface area contributed by atoms with E-state index in [-0.39, 0.29) is 17.2 Å². The Hall–Kier alpha value is -0.130. The van der Waals surface area contributed by atoms with E-state index in [1.807, 2.05) is 0 Å². The van der Waals surface area contributed by atoms with Crippen LogP contribution in [0.4, 0.5) is 0 Å². The average molecular weight is 262 g/mol. The maximum atomic E-state index is 11.8. The first-order valence-corrected chi connectivity index (χ1v) is 8.20. The Labute approximate surface area is 105 Å². The minimum absolute atomic E-state index is 0.127. The standard InChI is InChI=1S/C12H26N2O2S/c1-12(2)7-5-6-11(10-12)14-17(15,16)9-4-3-8-13/h11,14H,3-10,13H2,1-2H3. The van der Waals surface area contributed by atoms with Gasteiger partial charge in [-0.05, 0) is 44.1 Å². The summed E-state index contributed by atoms with van der Waals surface area (Å²) in [6, 6.07) is 0.127. The molecule has 4 nitrogen and oxygen atoms in total. The molecule has 0 aliphatic heterocycles. The van der Waals surface area contributed by atoms with E-state index >= 15 is 0 Å². The lowest BCUT2D eigenvalue weighted by atomic mass is 9.75. The molecule has 0 amide bonds. The summed E-state index contributed by atoms with van der Waals surface area (Å²) in [6.45, 7) is 4.98. The van der Waals surface area contributed by atoms with Gasteiger partial charge in [-0.25, -0.2) is 13.1 Å². The molecule has 0 heterocycles. The molecular weight excluding hydrogens is 236 g/mol. The van der Waals surface area contributed by atoms with Gasteiger partial charge >= 0.3 is 0 Å². The van der Waals surface area contributed by atoms with E-state index in [9.17, 15) is 8.42 Å². The summed E-state index contributed by atoms with van der Waals surface area (Å²) >= 11 is 0. The first-order valence-electron chi connectivity index (χ1n) is 6.55. The van der Waals surface area contributed by atoms with Crippen LogP contribution in [0.5, 0.6) is 0 Å². The third-order valence-electron chi connectivity index (χ3n) is 3.42. The molecule has 1 aliphatic rings. The first-order chi connectivity index (χ1) is 7.85. The maximum Gasteiger partial charge on any atom is 0.211 e. The van der Waals surface area contributed by atoms with Gasteiger partial charge in [0.1, 0.15) is 0 Å². The third-order valence-corrected chi connectivity index (χ3v) is 4.94. The van der Waals surface area contributed by atoms with Gasteiger partial charge in [0.25, 0.3) is 0 Å². The molecule has 0 aromatic carbocycles. The fourth-order valence-corrected chi connectivity index (χ4v) is 3.96. The van der Waals surface area contributed by atoms with Crippen molar-refractivity contribution >= 4 is 10.0 Å². The van der Waals surface area contributed by atoms with Gasteiger partial charge in [-0.3, -0.25) is 0 Å². The minimum Gasteiger partial charge on any atom is -0.330 e. The second-order valence-electron chi connectivity index (χ2n) is 5.89. The molecule has 0 spiro atoms. The van der Waals surface area contributed by atoms with Crippen molar-refractivity contribution in [1.29, 1.82) is 0 Å². The van der Waals surface area contributed by atoms with Crippen LogP contribution in [0.2, 0.25) is 0 Å². The highest BCUT2D eigenvalue weighted by atomic mass is 32.2. The van der Waals surface area contributed by atoms with Gasteiger partial charge in [0.05, 0.1) is 5.75 Å². The highest BCUT2D eigenvalue weighted by molar-refractivity contribution is 7.89. The van der Waals surface area contributed by atoms with Crippen LogP contribution in [0.1, 0.15) is 52.4 Å². The quantitative estimate of drug-likeness (QED) is 0.714. The molecule has 1 fully saturated rings. The zero-order chi connectivity index (χ0) is 12.9. The molecule has 0 aromatic rings. The van der Waals surface area contributed by atoms with Crippen LogP contribution in [0, 0.1) is 5.41 Å². The summed E-state index contributed by atoms with van der Waals surface area (Å²) in [5.74, 6) is 0.209. The van der Waals surface area contributed by atoms with E-state index in [4.69, 9.17) is 5.73 Å². The van der Waals surface area contributed by atoms with Crippen molar-refractivity contribution in [2.24, 2.45) is 11.1 Å². The molecule has 1 unspecified atom stereocenters. The SMILES string of the molecule is CC1(C)CCCC(NS(=O)(=O)CCCCN)C1. The minimum atomic E-state index is -3.11. The molecule has 1 atom stereocenters. The predicted molar refractivity (Wildman–Crippen MR) is 71.2 cm³/mol. The zero-order valence-electron chi connectivity index (χ0n) is 11.0. The second kappa shape index (κ2) is 6.16. The van der Waals surface area contributed by atoms with E-state index in [0.29, 0.717) is 13.0 Å². The Bertz CT molecular complexity index is 325. The third kappa shape index (κ3) is 5.84. The molecule has 102 valence electrons. The van der Waals surface area contributed by atoms with Crippen LogP contribution < -0.4 is 10.5 Å². The normalized spacial score (nSPS) is 24.8. The van der Waals surface area contributed by atoms with E-state index in [0.717, 1.165) is 25.7 Å². The second-order valence-corrected chi connectivity index (χ2v) is 7.76. The lowest BCUT2D eigenvalue weighted by Gasteiger charge is -2.35. The van der Waals surface area contributed by atoms with E-state index in [1.165, 1.54) is 6.42 Å². The Morgan fingerprint density at radius 3 is 2.65 bits per heavy atom. The largest absolute Gasteiger partial charge is 0.330 e. The van der Waals surface area contributed by atoms with Crippen LogP contribution in [0.15, 0.2) is 0 Å². The highest BCUT2D eigenvalue weighted by Crippen LogP contribution is 2.35. The van der Waals surface area contributed by atoms with Gasteiger partial charge in [0.2, 0.25) is 10.0 Å². The van der Waals surface area contributed by atoms with E-state index < -0.39 is 10.0 Å². The van der Waals surface area contributed by atoms with Crippen molar-refractivity contribution in [2.75, 3.05) is 12.3 Å². The van der Waals surface area contributed by atoms with Gasteiger partial charge in [0, 0.05) is 6.04 Å². The Kier molecular flexibility index (Phi) is 5.41. The van der Waals surface area contributed by atoms with Crippen molar-refractivity contribution < 1.29 is 8.42 Å². The summed E-state index contributed by atoms with van der Waals surface area (Å²) < 4.78 is 26.5. The van der Waals surface area contributed by atoms with Gasteiger partial charge < -0.3 is 5.73 Å². The predicted octanol–water partition coefficient (Wildman–Crippen LogP) is 1.61. The van der Waals surface area contributed by atoms with Gasteiger partial charge in [-0.2, -0.15) is 0 Å². The number of nitrogens with one attached hydrogen (secondary N) is 1.